The molecule has 0 aromatic carbocycles. The molecular formula is C9H10O2Se. The fourth-order valence-corrected chi connectivity index (χ4v) is 1.55. The molecule has 1 aromatic heterocycles. The van der Waals surface area contributed by atoms with E-state index in [0.29, 0.717) is 20.3 Å². The van der Waals surface area contributed by atoms with E-state index in [1.165, 1.54) is 0 Å². The first kappa shape index (κ1) is 9.30. The number of rotatable bonds is 4. The van der Waals surface area contributed by atoms with Gasteiger partial charge in [-0.3, -0.25) is 0 Å². The zero-order valence-electron chi connectivity index (χ0n) is 6.82. The number of hydrogen-bond acceptors (Lipinski definition) is 2. The Hall–Kier alpha value is -0.791. The predicted molar refractivity (Wildman–Crippen MR) is 49.2 cm³/mol. The van der Waals surface area contributed by atoms with Crippen molar-refractivity contribution in [1.29, 1.82) is 0 Å². The molecule has 0 fully saturated rings. The quantitative estimate of drug-likeness (QED) is 0.584. The van der Waals surface area contributed by atoms with Crippen LogP contribution in [0.25, 0.3) is 6.08 Å². The summed E-state index contributed by atoms with van der Waals surface area (Å²) in [6.45, 7) is 0. The summed E-state index contributed by atoms with van der Waals surface area (Å²) in [6.07, 6.45) is 4.87. The van der Waals surface area contributed by atoms with Crippen LogP contribution < -0.4 is 0 Å². The number of carbonyl (C=O) groups is 1. The molecule has 0 radical (unpaired) electrons. The van der Waals surface area contributed by atoms with Crippen LogP contribution in [-0.4, -0.2) is 20.7 Å². The maximum atomic E-state index is 11.0. The SMILES string of the molecule is C[Se]CC(=O)/C=C/c1ccco1. The van der Waals surface area contributed by atoms with E-state index in [-0.39, 0.29) is 5.78 Å². The van der Waals surface area contributed by atoms with E-state index in [9.17, 15) is 4.79 Å². The maximum absolute atomic E-state index is 11.0. The van der Waals surface area contributed by atoms with Gasteiger partial charge in [-0.15, -0.1) is 0 Å². The first-order valence-corrected chi connectivity index (χ1v) is 6.48. The van der Waals surface area contributed by atoms with Crippen molar-refractivity contribution in [2.75, 3.05) is 0 Å². The van der Waals surface area contributed by atoms with Gasteiger partial charge in [-0.2, -0.15) is 0 Å². The van der Waals surface area contributed by atoms with Crippen LogP contribution in [0.2, 0.25) is 11.1 Å². The zero-order valence-corrected chi connectivity index (χ0v) is 8.53. The molecule has 0 saturated carbocycles. The van der Waals surface area contributed by atoms with Crippen LogP contribution in [0.3, 0.4) is 0 Å². The minimum atomic E-state index is 0.175. The van der Waals surface area contributed by atoms with Crippen LogP contribution in [-0.2, 0) is 4.79 Å². The van der Waals surface area contributed by atoms with E-state index >= 15 is 0 Å². The van der Waals surface area contributed by atoms with E-state index in [1.807, 2.05) is 11.9 Å². The Labute approximate surface area is 77.8 Å². The predicted octanol–water partition coefficient (Wildman–Crippen LogP) is 2.03. The van der Waals surface area contributed by atoms with E-state index in [4.69, 9.17) is 4.42 Å². The standard InChI is InChI=1S/C9H10O2Se/c1-12-7-8(10)4-5-9-3-2-6-11-9/h2-6H,7H2,1H3/b5-4+. The summed E-state index contributed by atoms with van der Waals surface area (Å²) in [4.78, 5) is 11.0. The molecule has 0 aliphatic carbocycles. The first-order chi connectivity index (χ1) is 5.83. The molecule has 2 nitrogen and oxygen atoms in total. The van der Waals surface area contributed by atoms with Gasteiger partial charge in [0.15, 0.2) is 0 Å². The molecule has 0 saturated heterocycles. The van der Waals surface area contributed by atoms with Crippen molar-refractivity contribution in [1.82, 2.24) is 0 Å². The van der Waals surface area contributed by atoms with Gasteiger partial charge in [-0.25, -0.2) is 0 Å². The van der Waals surface area contributed by atoms with Crippen LogP contribution in [0.4, 0.5) is 0 Å². The molecule has 64 valence electrons. The fourth-order valence-electron chi connectivity index (χ4n) is 0.752. The number of furan rings is 1. The normalized spacial score (nSPS) is 10.8. The summed E-state index contributed by atoms with van der Waals surface area (Å²) in [5, 5.41) is 0.671. The monoisotopic (exact) mass is 230 g/mol. The second kappa shape index (κ2) is 4.96. The summed E-state index contributed by atoms with van der Waals surface area (Å²) in [5.74, 6) is 2.95. The van der Waals surface area contributed by atoms with Gasteiger partial charge in [0.2, 0.25) is 0 Å². The Morgan fingerprint density at radius 1 is 1.75 bits per heavy atom. The summed E-state index contributed by atoms with van der Waals surface area (Å²) >= 11 is 0.421. The molecule has 0 atom stereocenters. The van der Waals surface area contributed by atoms with Crippen LogP contribution >= 0.6 is 0 Å². The van der Waals surface area contributed by atoms with Gasteiger partial charge in [0, 0.05) is 0 Å². The van der Waals surface area contributed by atoms with Crippen molar-refractivity contribution >= 4 is 26.8 Å². The van der Waals surface area contributed by atoms with Crippen LogP contribution in [0, 0.1) is 0 Å². The third-order valence-electron chi connectivity index (χ3n) is 1.26. The second-order valence-corrected chi connectivity index (χ2v) is 4.07. The van der Waals surface area contributed by atoms with Crippen molar-refractivity contribution < 1.29 is 9.21 Å². The molecule has 12 heavy (non-hydrogen) atoms. The van der Waals surface area contributed by atoms with Crippen LogP contribution in [0.5, 0.6) is 0 Å². The Bertz CT molecular complexity index is 262. The summed E-state index contributed by atoms with van der Waals surface area (Å²) in [6, 6.07) is 3.62. The Morgan fingerprint density at radius 3 is 3.17 bits per heavy atom. The molecule has 0 unspecified atom stereocenters. The molecule has 0 aliphatic heterocycles. The van der Waals surface area contributed by atoms with Gasteiger partial charge >= 0.3 is 77.4 Å². The van der Waals surface area contributed by atoms with Gasteiger partial charge in [0.05, 0.1) is 0 Å². The summed E-state index contributed by atoms with van der Waals surface area (Å²) in [5.41, 5.74) is 0. The van der Waals surface area contributed by atoms with Gasteiger partial charge in [0.1, 0.15) is 0 Å². The van der Waals surface area contributed by atoms with Crippen molar-refractivity contribution in [2.24, 2.45) is 0 Å². The third kappa shape index (κ3) is 3.07. The van der Waals surface area contributed by atoms with E-state index in [1.54, 1.807) is 24.5 Å². The van der Waals surface area contributed by atoms with E-state index in [0.717, 1.165) is 5.76 Å². The molecule has 0 aliphatic rings. The third-order valence-corrected chi connectivity index (χ3v) is 2.47. The molecular weight excluding hydrogens is 219 g/mol. The van der Waals surface area contributed by atoms with Gasteiger partial charge in [-0.1, -0.05) is 0 Å². The summed E-state index contributed by atoms with van der Waals surface area (Å²) < 4.78 is 5.03. The number of ketones is 1. The number of carbonyl (C=O) groups excluding carboxylic acids is 1. The topological polar surface area (TPSA) is 30.2 Å². The molecule has 1 rings (SSSR count). The average molecular weight is 229 g/mol. The van der Waals surface area contributed by atoms with Gasteiger partial charge < -0.3 is 0 Å². The fraction of sp³-hybridized carbons (Fsp3) is 0.222. The van der Waals surface area contributed by atoms with Crippen molar-refractivity contribution in [3.63, 3.8) is 0 Å². The van der Waals surface area contributed by atoms with Gasteiger partial charge in [-0.05, 0) is 0 Å². The molecule has 0 spiro atoms. The number of hydrogen-bond donors (Lipinski definition) is 0. The molecule has 3 heteroatoms. The average Bonchev–Trinajstić information content (AvgIpc) is 2.53. The van der Waals surface area contributed by atoms with Gasteiger partial charge in [0.25, 0.3) is 0 Å². The van der Waals surface area contributed by atoms with Crippen molar-refractivity contribution in [2.45, 2.75) is 11.1 Å². The van der Waals surface area contributed by atoms with Crippen molar-refractivity contribution in [3.8, 4) is 0 Å². The van der Waals surface area contributed by atoms with Crippen molar-refractivity contribution in [3.05, 3.63) is 30.2 Å². The van der Waals surface area contributed by atoms with Crippen LogP contribution in [0.15, 0.2) is 28.9 Å². The second-order valence-electron chi connectivity index (χ2n) is 2.25. The molecule has 1 heterocycles. The van der Waals surface area contributed by atoms with E-state index in [2.05, 4.69) is 0 Å². The molecule has 0 amide bonds. The minimum absolute atomic E-state index is 0.175. The molecule has 0 bridgehead atoms. The molecule has 1 aromatic rings. The Morgan fingerprint density at radius 2 is 2.58 bits per heavy atom. The first-order valence-electron chi connectivity index (χ1n) is 3.56. The summed E-state index contributed by atoms with van der Waals surface area (Å²) in [7, 11) is 0. The van der Waals surface area contributed by atoms with E-state index < -0.39 is 0 Å². The zero-order chi connectivity index (χ0) is 8.81. The molecule has 0 N–H and O–H groups in total. The van der Waals surface area contributed by atoms with Crippen LogP contribution in [0.1, 0.15) is 5.76 Å². The Kier molecular flexibility index (Phi) is 3.85. The number of allylic oxidation sites excluding steroid dienone is 1. The Balaban J connectivity index is 2.45.